The Hall–Kier alpha value is -3.34. The number of hydrazone groups is 1. The van der Waals surface area contributed by atoms with E-state index in [4.69, 9.17) is 27.9 Å². The summed E-state index contributed by atoms with van der Waals surface area (Å²) in [6.07, 6.45) is 1.62. The van der Waals surface area contributed by atoms with Crippen molar-refractivity contribution in [2.24, 2.45) is 5.10 Å². The molecule has 0 aliphatic rings. The highest BCUT2D eigenvalue weighted by atomic mass is 35.5. The fraction of sp³-hybridized carbons (Fsp3) is 0.0400. The number of carbonyl (C=O) groups is 1. The van der Waals surface area contributed by atoms with E-state index in [9.17, 15) is 4.79 Å². The van der Waals surface area contributed by atoms with Crippen molar-refractivity contribution in [1.82, 2.24) is 5.43 Å². The lowest BCUT2D eigenvalue weighted by Crippen LogP contribution is -2.17. The first-order valence-electron chi connectivity index (χ1n) is 9.57. The van der Waals surface area contributed by atoms with Crippen molar-refractivity contribution < 1.29 is 9.53 Å². The molecule has 0 heterocycles. The Morgan fingerprint density at radius 1 is 0.903 bits per heavy atom. The normalized spacial score (nSPS) is 11.0. The quantitative estimate of drug-likeness (QED) is 0.270. The maximum Gasteiger partial charge on any atom is 0.271 e. The van der Waals surface area contributed by atoms with Crippen LogP contribution < -0.4 is 10.2 Å². The molecule has 4 rings (SSSR count). The van der Waals surface area contributed by atoms with E-state index in [-0.39, 0.29) is 5.91 Å². The molecule has 6 heteroatoms. The molecular weight excluding hydrogens is 431 g/mol. The zero-order valence-electron chi connectivity index (χ0n) is 16.4. The predicted molar refractivity (Wildman–Crippen MR) is 126 cm³/mol. The molecule has 0 unspecified atom stereocenters. The molecule has 4 aromatic rings. The fourth-order valence-electron chi connectivity index (χ4n) is 3.02. The number of hydrogen-bond donors (Lipinski definition) is 1. The van der Waals surface area contributed by atoms with Gasteiger partial charge in [-0.05, 0) is 58.8 Å². The largest absolute Gasteiger partial charge is 0.489 e. The Bertz CT molecular complexity index is 1250. The first kappa shape index (κ1) is 20.9. The number of hydrogen-bond acceptors (Lipinski definition) is 3. The molecule has 4 aromatic carbocycles. The van der Waals surface area contributed by atoms with E-state index < -0.39 is 0 Å². The van der Waals surface area contributed by atoms with Crippen LogP contribution in [0.2, 0.25) is 10.0 Å². The van der Waals surface area contributed by atoms with Crippen LogP contribution in [0.3, 0.4) is 0 Å². The first-order valence-corrected chi connectivity index (χ1v) is 10.3. The molecule has 0 aromatic heterocycles. The number of amides is 1. The molecule has 0 bridgehead atoms. The Morgan fingerprint density at radius 3 is 2.45 bits per heavy atom. The monoisotopic (exact) mass is 448 g/mol. The zero-order chi connectivity index (χ0) is 21.6. The van der Waals surface area contributed by atoms with Gasteiger partial charge in [0.25, 0.3) is 5.91 Å². The number of rotatable bonds is 6. The number of nitrogens with zero attached hydrogens (tertiary/aromatic N) is 1. The van der Waals surface area contributed by atoms with E-state index >= 15 is 0 Å². The summed E-state index contributed by atoms with van der Waals surface area (Å²) >= 11 is 12.1. The SMILES string of the molecule is O=C(N/N=C/c1ccc2ccccc2c1)c1ccc(OCc2ccc(Cl)cc2Cl)cc1. The number of nitrogens with one attached hydrogen (secondary N) is 1. The summed E-state index contributed by atoms with van der Waals surface area (Å²) in [6.45, 7) is 0.303. The summed E-state index contributed by atoms with van der Waals surface area (Å²) in [5, 5.41) is 7.46. The van der Waals surface area contributed by atoms with Gasteiger partial charge in [0.2, 0.25) is 0 Å². The van der Waals surface area contributed by atoms with E-state index in [0.717, 1.165) is 21.9 Å². The van der Waals surface area contributed by atoms with Crippen LogP contribution in [0.1, 0.15) is 21.5 Å². The average Bonchev–Trinajstić information content (AvgIpc) is 2.79. The lowest BCUT2D eigenvalue weighted by Gasteiger charge is -2.08. The van der Waals surface area contributed by atoms with Gasteiger partial charge in [-0.2, -0.15) is 5.10 Å². The average molecular weight is 449 g/mol. The molecule has 1 N–H and O–H groups in total. The molecule has 0 saturated heterocycles. The van der Waals surface area contributed by atoms with Crippen LogP contribution in [-0.4, -0.2) is 12.1 Å². The third-order valence-corrected chi connectivity index (χ3v) is 5.27. The molecule has 0 spiro atoms. The van der Waals surface area contributed by atoms with Gasteiger partial charge in [-0.15, -0.1) is 0 Å². The van der Waals surface area contributed by atoms with Gasteiger partial charge in [0.05, 0.1) is 6.21 Å². The first-order chi connectivity index (χ1) is 15.1. The lowest BCUT2D eigenvalue weighted by molar-refractivity contribution is 0.0955. The molecule has 0 saturated carbocycles. The van der Waals surface area contributed by atoms with Gasteiger partial charge < -0.3 is 4.74 Å². The smallest absolute Gasteiger partial charge is 0.271 e. The van der Waals surface area contributed by atoms with Crippen LogP contribution in [0.4, 0.5) is 0 Å². The maximum atomic E-state index is 12.3. The lowest BCUT2D eigenvalue weighted by atomic mass is 10.1. The zero-order valence-corrected chi connectivity index (χ0v) is 17.9. The molecular formula is C25H18Cl2N2O2. The summed E-state index contributed by atoms with van der Waals surface area (Å²) < 4.78 is 5.73. The summed E-state index contributed by atoms with van der Waals surface area (Å²) in [5.41, 5.74) is 4.76. The van der Waals surface area contributed by atoms with Crippen LogP contribution in [-0.2, 0) is 6.61 Å². The highest BCUT2D eigenvalue weighted by Gasteiger charge is 2.06. The van der Waals surface area contributed by atoms with Crippen molar-refractivity contribution in [2.45, 2.75) is 6.61 Å². The minimum atomic E-state index is -0.302. The Balaban J connectivity index is 1.33. The summed E-state index contributed by atoms with van der Waals surface area (Å²) in [7, 11) is 0. The van der Waals surface area contributed by atoms with Crippen LogP contribution in [0.15, 0.2) is 90.0 Å². The van der Waals surface area contributed by atoms with Crippen molar-refractivity contribution in [3.63, 3.8) is 0 Å². The molecule has 0 radical (unpaired) electrons. The van der Waals surface area contributed by atoms with E-state index in [1.807, 2.05) is 42.5 Å². The summed E-state index contributed by atoms with van der Waals surface area (Å²) in [5.74, 6) is 0.326. The number of halogens is 2. The number of benzene rings is 4. The van der Waals surface area contributed by atoms with Crippen LogP contribution in [0, 0.1) is 0 Å². The Labute approximate surface area is 190 Å². The molecule has 0 aliphatic heterocycles. The van der Waals surface area contributed by atoms with Crippen molar-refractivity contribution in [1.29, 1.82) is 0 Å². The molecule has 1 amide bonds. The van der Waals surface area contributed by atoms with E-state index in [1.165, 1.54) is 0 Å². The highest BCUT2D eigenvalue weighted by Crippen LogP contribution is 2.23. The minimum Gasteiger partial charge on any atom is -0.489 e. The Kier molecular flexibility index (Phi) is 6.51. The van der Waals surface area contributed by atoms with Crippen molar-refractivity contribution >= 4 is 46.1 Å². The molecule has 0 atom stereocenters. The molecule has 0 fully saturated rings. The second-order valence-corrected chi connectivity index (χ2v) is 7.70. The van der Waals surface area contributed by atoms with Gasteiger partial charge in [0.15, 0.2) is 0 Å². The third-order valence-electron chi connectivity index (χ3n) is 4.68. The van der Waals surface area contributed by atoms with Crippen LogP contribution in [0.5, 0.6) is 5.75 Å². The van der Waals surface area contributed by atoms with Gasteiger partial charge in [-0.1, -0.05) is 65.7 Å². The van der Waals surface area contributed by atoms with Crippen molar-refractivity contribution in [3.05, 3.63) is 112 Å². The maximum absolute atomic E-state index is 12.3. The molecule has 154 valence electrons. The Morgan fingerprint density at radius 2 is 1.68 bits per heavy atom. The van der Waals surface area contributed by atoms with Crippen molar-refractivity contribution in [3.8, 4) is 5.75 Å². The molecule has 0 aliphatic carbocycles. The van der Waals surface area contributed by atoms with Gasteiger partial charge in [-0.25, -0.2) is 5.43 Å². The second kappa shape index (κ2) is 9.65. The van der Waals surface area contributed by atoms with Crippen LogP contribution in [0.25, 0.3) is 10.8 Å². The van der Waals surface area contributed by atoms with Gasteiger partial charge in [-0.3, -0.25) is 4.79 Å². The minimum absolute atomic E-state index is 0.302. The summed E-state index contributed by atoms with van der Waals surface area (Å²) in [4.78, 5) is 12.3. The molecule has 4 nitrogen and oxygen atoms in total. The topological polar surface area (TPSA) is 50.7 Å². The van der Waals surface area contributed by atoms with Gasteiger partial charge in [0, 0.05) is 21.2 Å². The third kappa shape index (κ3) is 5.43. The van der Waals surface area contributed by atoms with E-state index in [1.54, 1.807) is 42.6 Å². The number of fused-ring (bicyclic) bond motifs is 1. The van der Waals surface area contributed by atoms with Gasteiger partial charge in [0.1, 0.15) is 12.4 Å². The summed E-state index contributed by atoms with van der Waals surface area (Å²) in [6, 6.07) is 26.1. The molecule has 31 heavy (non-hydrogen) atoms. The number of carbonyl (C=O) groups excluding carboxylic acids is 1. The van der Waals surface area contributed by atoms with Crippen molar-refractivity contribution in [2.75, 3.05) is 0 Å². The van der Waals surface area contributed by atoms with E-state index in [2.05, 4.69) is 16.6 Å². The highest BCUT2D eigenvalue weighted by molar-refractivity contribution is 6.35. The second-order valence-electron chi connectivity index (χ2n) is 6.85. The number of ether oxygens (including phenoxy) is 1. The predicted octanol–water partition coefficient (Wildman–Crippen LogP) is 6.49. The van der Waals surface area contributed by atoms with E-state index in [0.29, 0.717) is 28.0 Å². The van der Waals surface area contributed by atoms with Crippen LogP contribution >= 0.6 is 23.2 Å². The fourth-order valence-corrected chi connectivity index (χ4v) is 3.48. The van der Waals surface area contributed by atoms with Gasteiger partial charge >= 0.3 is 0 Å². The standard InChI is InChI=1S/C25H18Cl2N2O2/c26-22-10-7-21(24(27)14-22)16-31-23-11-8-19(9-12-23)25(30)29-28-15-17-5-6-18-3-1-2-4-20(18)13-17/h1-15H,16H2,(H,29,30)/b28-15+.